The molecule has 0 aromatic heterocycles. The van der Waals surface area contributed by atoms with Gasteiger partial charge in [-0.2, -0.15) is 0 Å². The average Bonchev–Trinajstić information content (AvgIpc) is 2.88. The first-order chi connectivity index (χ1) is 12.0. The highest BCUT2D eigenvalue weighted by Crippen LogP contribution is 2.32. The third-order valence-corrected chi connectivity index (χ3v) is 5.70. The summed E-state index contributed by atoms with van der Waals surface area (Å²) in [6.07, 6.45) is 1.92. The number of thiocarbonyl (C=S) groups is 1. The molecule has 3 rings (SSSR count). The van der Waals surface area contributed by atoms with Crippen molar-refractivity contribution in [2.75, 3.05) is 58.4 Å². The highest BCUT2D eigenvalue weighted by atomic mass is 32.2. The molecule has 5 nitrogen and oxygen atoms in total. The van der Waals surface area contributed by atoms with Crippen LogP contribution in [-0.2, 0) is 9.53 Å². The molecule has 2 aliphatic heterocycles. The lowest BCUT2D eigenvalue weighted by atomic mass is 10.2. The molecule has 2 aliphatic rings. The predicted molar refractivity (Wildman–Crippen MR) is 108 cm³/mol. The van der Waals surface area contributed by atoms with Gasteiger partial charge in [-0.05, 0) is 23.8 Å². The molecule has 0 spiro atoms. The summed E-state index contributed by atoms with van der Waals surface area (Å²) >= 11 is 6.80. The molecule has 0 atom stereocenters. The van der Waals surface area contributed by atoms with Crippen molar-refractivity contribution < 1.29 is 9.53 Å². The van der Waals surface area contributed by atoms with Crippen LogP contribution in [0.2, 0.25) is 0 Å². The number of anilines is 1. The number of hydrogen-bond donors (Lipinski definition) is 0. The number of thioether (sulfide) groups is 1. The van der Waals surface area contributed by atoms with E-state index in [9.17, 15) is 4.79 Å². The van der Waals surface area contributed by atoms with Gasteiger partial charge in [-0.25, -0.2) is 0 Å². The lowest BCUT2D eigenvalue weighted by Gasteiger charge is -2.28. The molecular formula is C18H23N3O2S2. The maximum Gasteiger partial charge on any atom is 0.266 e. The van der Waals surface area contributed by atoms with Crippen molar-refractivity contribution in [1.29, 1.82) is 0 Å². The van der Waals surface area contributed by atoms with Crippen molar-refractivity contribution in [3.05, 3.63) is 34.7 Å². The highest BCUT2D eigenvalue weighted by Gasteiger charge is 2.32. The normalized spacial score (nSPS) is 20.6. The Labute approximate surface area is 158 Å². The zero-order valence-electron chi connectivity index (χ0n) is 14.6. The number of ether oxygens (including phenoxy) is 1. The number of amides is 1. The summed E-state index contributed by atoms with van der Waals surface area (Å²) in [5.41, 5.74) is 2.15. The van der Waals surface area contributed by atoms with E-state index in [1.165, 1.54) is 11.8 Å². The molecule has 134 valence electrons. The fourth-order valence-corrected chi connectivity index (χ4v) is 4.09. The van der Waals surface area contributed by atoms with Gasteiger partial charge in [-0.1, -0.05) is 36.1 Å². The van der Waals surface area contributed by atoms with Crippen LogP contribution in [0, 0.1) is 0 Å². The number of hydrogen-bond acceptors (Lipinski definition) is 6. The molecule has 0 bridgehead atoms. The zero-order valence-corrected chi connectivity index (χ0v) is 16.2. The van der Waals surface area contributed by atoms with Crippen molar-refractivity contribution in [3.8, 4) is 0 Å². The second-order valence-electron chi connectivity index (χ2n) is 6.27. The van der Waals surface area contributed by atoms with Crippen molar-refractivity contribution in [1.82, 2.24) is 9.80 Å². The van der Waals surface area contributed by atoms with E-state index in [1.54, 1.807) is 4.90 Å². The van der Waals surface area contributed by atoms with Crippen LogP contribution in [0.5, 0.6) is 0 Å². The molecule has 0 radical (unpaired) electrons. The summed E-state index contributed by atoms with van der Waals surface area (Å²) in [5, 5.41) is 0. The van der Waals surface area contributed by atoms with Crippen LogP contribution in [0.25, 0.3) is 6.08 Å². The standard InChI is InChI=1S/C18H23N3O2S2/c1-19(2)15-5-3-14(4-6-15)13-16-17(22)21(18(24)25-16)8-7-20-9-11-23-12-10-20/h3-6,13H,7-12H2,1-2H3. The number of carbonyl (C=O) groups is 1. The van der Waals surface area contributed by atoms with Crippen molar-refractivity contribution in [2.45, 2.75) is 0 Å². The number of nitrogens with zero attached hydrogens (tertiary/aromatic N) is 3. The lowest BCUT2D eigenvalue weighted by molar-refractivity contribution is -0.122. The molecule has 2 heterocycles. The quantitative estimate of drug-likeness (QED) is 0.579. The molecule has 7 heteroatoms. The van der Waals surface area contributed by atoms with Gasteiger partial charge < -0.3 is 9.64 Å². The maximum atomic E-state index is 12.7. The topological polar surface area (TPSA) is 36.0 Å². The van der Waals surface area contributed by atoms with E-state index in [0.29, 0.717) is 15.8 Å². The Bertz CT molecular complexity index is 667. The monoisotopic (exact) mass is 377 g/mol. The molecule has 1 aromatic rings. The lowest BCUT2D eigenvalue weighted by Crippen LogP contribution is -2.42. The highest BCUT2D eigenvalue weighted by molar-refractivity contribution is 8.26. The van der Waals surface area contributed by atoms with E-state index in [1.807, 2.05) is 44.4 Å². The summed E-state index contributed by atoms with van der Waals surface area (Å²) < 4.78 is 6.00. The molecule has 2 saturated heterocycles. The Morgan fingerprint density at radius 3 is 2.52 bits per heavy atom. The molecule has 2 fully saturated rings. The zero-order chi connectivity index (χ0) is 17.8. The van der Waals surface area contributed by atoms with Gasteiger partial charge in [0.1, 0.15) is 4.32 Å². The molecule has 1 amide bonds. The predicted octanol–water partition coefficient (Wildman–Crippen LogP) is 2.29. The van der Waals surface area contributed by atoms with E-state index in [0.717, 1.165) is 44.1 Å². The van der Waals surface area contributed by atoms with E-state index in [-0.39, 0.29) is 5.91 Å². The van der Waals surface area contributed by atoms with Crippen LogP contribution in [0.3, 0.4) is 0 Å². The van der Waals surface area contributed by atoms with Gasteiger partial charge in [-0.3, -0.25) is 14.6 Å². The van der Waals surface area contributed by atoms with Crippen LogP contribution in [0.15, 0.2) is 29.2 Å². The number of carbonyl (C=O) groups excluding carboxylic acids is 1. The third kappa shape index (κ3) is 4.61. The minimum atomic E-state index is 0.0138. The Balaban J connectivity index is 1.63. The summed E-state index contributed by atoms with van der Waals surface area (Å²) in [6, 6.07) is 8.14. The fourth-order valence-electron chi connectivity index (χ4n) is 2.78. The minimum absolute atomic E-state index is 0.0138. The van der Waals surface area contributed by atoms with E-state index in [4.69, 9.17) is 17.0 Å². The summed E-state index contributed by atoms with van der Waals surface area (Å²) in [6.45, 7) is 4.84. The van der Waals surface area contributed by atoms with E-state index >= 15 is 0 Å². The second-order valence-corrected chi connectivity index (χ2v) is 7.95. The van der Waals surface area contributed by atoms with Crippen LogP contribution in [0.1, 0.15) is 5.56 Å². The molecular weight excluding hydrogens is 354 g/mol. The molecule has 1 aromatic carbocycles. The third-order valence-electron chi connectivity index (χ3n) is 4.32. The summed E-state index contributed by atoms with van der Waals surface area (Å²) in [5.74, 6) is 0.0138. The van der Waals surface area contributed by atoms with Gasteiger partial charge in [-0.15, -0.1) is 0 Å². The molecule has 0 unspecified atom stereocenters. The van der Waals surface area contributed by atoms with Crippen molar-refractivity contribution >= 4 is 46.0 Å². The summed E-state index contributed by atoms with van der Waals surface area (Å²) in [4.78, 5) is 19.4. The van der Waals surface area contributed by atoms with Crippen molar-refractivity contribution in [2.24, 2.45) is 0 Å². The Hall–Kier alpha value is -1.41. The van der Waals surface area contributed by atoms with Crippen LogP contribution < -0.4 is 4.90 Å². The SMILES string of the molecule is CN(C)c1ccc(C=C2SC(=S)N(CCN3CCOCC3)C2=O)cc1. The molecule has 0 saturated carbocycles. The van der Waals surface area contributed by atoms with Crippen LogP contribution >= 0.6 is 24.0 Å². The minimum Gasteiger partial charge on any atom is -0.379 e. The van der Waals surface area contributed by atoms with Crippen molar-refractivity contribution in [3.63, 3.8) is 0 Å². The van der Waals surface area contributed by atoms with Gasteiger partial charge in [0.05, 0.1) is 18.1 Å². The first kappa shape index (κ1) is 18.4. The maximum absolute atomic E-state index is 12.7. The smallest absolute Gasteiger partial charge is 0.266 e. The second kappa shape index (κ2) is 8.31. The number of benzene rings is 1. The molecule has 0 aliphatic carbocycles. The van der Waals surface area contributed by atoms with E-state index < -0.39 is 0 Å². The van der Waals surface area contributed by atoms with Gasteiger partial charge in [0, 0.05) is 46.0 Å². The Morgan fingerprint density at radius 1 is 1.20 bits per heavy atom. The largest absolute Gasteiger partial charge is 0.379 e. The average molecular weight is 378 g/mol. The van der Waals surface area contributed by atoms with Gasteiger partial charge in [0.25, 0.3) is 5.91 Å². The fraction of sp³-hybridized carbons (Fsp3) is 0.444. The first-order valence-corrected chi connectivity index (χ1v) is 9.60. The summed E-state index contributed by atoms with van der Waals surface area (Å²) in [7, 11) is 4.02. The Kier molecular flexibility index (Phi) is 6.11. The number of rotatable bonds is 5. The van der Waals surface area contributed by atoms with E-state index in [2.05, 4.69) is 9.80 Å². The van der Waals surface area contributed by atoms with Crippen LogP contribution in [-0.4, -0.2) is 73.5 Å². The first-order valence-electron chi connectivity index (χ1n) is 8.37. The molecule has 25 heavy (non-hydrogen) atoms. The molecule has 0 N–H and O–H groups in total. The van der Waals surface area contributed by atoms with Gasteiger partial charge >= 0.3 is 0 Å². The number of morpholine rings is 1. The van der Waals surface area contributed by atoms with Crippen LogP contribution in [0.4, 0.5) is 5.69 Å². The van der Waals surface area contributed by atoms with Gasteiger partial charge in [0.2, 0.25) is 0 Å². The Morgan fingerprint density at radius 2 is 1.88 bits per heavy atom. The van der Waals surface area contributed by atoms with Gasteiger partial charge in [0.15, 0.2) is 0 Å².